The van der Waals surface area contributed by atoms with Gasteiger partial charge in [-0.2, -0.15) is 0 Å². The minimum Gasteiger partial charge on any atom is -0.481 e. The molecule has 3 rings (SSSR count). The fraction of sp³-hybridized carbons (Fsp3) is 0.286. The number of nitrogens with one attached hydrogen (secondary N) is 1. The Morgan fingerprint density at radius 1 is 1.15 bits per heavy atom. The van der Waals surface area contributed by atoms with Gasteiger partial charge < -0.3 is 10.4 Å². The number of carboxylic acid groups (broad SMARTS) is 1. The lowest BCUT2D eigenvalue weighted by atomic mass is 10.2. The quantitative estimate of drug-likeness (QED) is 0.892. The summed E-state index contributed by atoms with van der Waals surface area (Å²) in [5.74, 6) is -1.93. The van der Waals surface area contributed by atoms with Crippen LogP contribution in [0.25, 0.3) is 0 Å². The van der Waals surface area contributed by atoms with Crippen LogP contribution in [0.15, 0.2) is 35.0 Å². The third-order valence-electron chi connectivity index (χ3n) is 3.39. The monoisotopic (exact) mass is 307 g/mol. The number of carbonyl (C=O) groups is 2. The predicted octanol–water partition coefficient (Wildman–Crippen LogP) is 2.74. The highest BCUT2D eigenvalue weighted by Gasteiger charge is 2.48. The fourth-order valence-corrected chi connectivity index (χ4v) is 3.86. The van der Waals surface area contributed by atoms with Gasteiger partial charge in [-0.25, -0.2) is 0 Å². The Morgan fingerprint density at radius 2 is 1.75 bits per heavy atom. The van der Waals surface area contributed by atoms with Crippen LogP contribution in [0.3, 0.4) is 0 Å². The van der Waals surface area contributed by atoms with E-state index in [9.17, 15) is 9.59 Å². The summed E-state index contributed by atoms with van der Waals surface area (Å²) in [5.41, 5.74) is 0. The summed E-state index contributed by atoms with van der Waals surface area (Å²) in [4.78, 5) is 25.1. The summed E-state index contributed by atoms with van der Waals surface area (Å²) < 4.78 is 0. The largest absolute Gasteiger partial charge is 0.481 e. The normalized spacial score (nSPS) is 20.9. The second kappa shape index (κ2) is 5.38. The lowest BCUT2D eigenvalue weighted by Gasteiger charge is -2.16. The molecule has 2 N–H and O–H groups in total. The van der Waals surface area contributed by atoms with Crippen molar-refractivity contribution in [3.63, 3.8) is 0 Å². The van der Waals surface area contributed by atoms with Gasteiger partial charge in [0.1, 0.15) is 0 Å². The fourth-order valence-electron chi connectivity index (χ4n) is 2.20. The number of carboxylic acids is 1. The van der Waals surface area contributed by atoms with Crippen LogP contribution < -0.4 is 5.32 Å². The van der Waals surface area contributed by atoms with Crippen LogP contribution >= 0.6 is 22.7 Å². The number of rotatable bonds is 5. The Balaban J connectivity index is 1.75. The molecular weight excluding hydrogens is 294 g/mol. The van der Waals surface area contributed by atoms with Gasteiger partial charge in [-0.1, -0.05) is 12.1 Å². The number of carbonyl (C=O) groups excluding carboxylic acids is 1. The van der Waals surface area contributed by atoms with Crippen LogP contribution in [0.2, 0.25) is 0 Å². The summed E-state index contributed by atoms with van der Waals surface area (Å²) in [7, 11) is 0. The summed E-state index contributed by atoms with van der Waals surface area (Å²) in [5, 5.41) is 15.8. The van der Waals surface area contributed by atoms with Crippen molar-refractivity contribution in [1.82, 2.24) is 5.32 Å². The van der Waals surface area contributed by atoms with Gasteiger partial charge in [-0.15, -0.1) is 22.7 Å². The van der Waals surface area contributed by atoms with Gasteiger partial charge in [0.05, 0.1) is 17.9 Å². The smallest absolute Gasteiger partial charge is 0.307 e. The molecule has 0 bridgehead atoms. The first-order valence-corrected chi connectivity index (χ1v) is 8.02. The Labute approximate surface area is 124 Å². The van der Waals surface area contributed by atoms with Gasteiger partial charge in [0.25, 0.3) is 0 Å². The zero-order valence-corrected chi connectivity index (χ0v) is 12.1. The van der Waals surface area contributed by atoms with Crippen molar-refractivity contribution in [2.24, 2.45) is 11.8 Å². The maximum Gasteiger partial charge on any atom is 0.307 e. The summed E-state index contributed by atoms with van der Waals surface area (Å²) >= 11 is 3.17. The molecule has 2 aromatic heterocycles. The molecular formula is C14H13NO3S2. The molecule has 20 heavy (non-hydrogen) atoms. The molecule has 2 aromatic rings. The SMILES string of the molecule is O=C(O)[C@@H]1C[C@H]1C(=O)NC(c1cccs1)c1cccs1. The Morgan fingerprint density at radius 3 is 2.15 bits per heavy atom. The highest BCUT2D eigenvalue weighted by molar-refractivity contribution is 7.11. The number of amides is 1. The standard InChI is InChI=1S/C14H13NO3S2/c16-13(8-7-9(8)14(17)18)15-12(10-3-1-5-19-10)11-4-2-6-20-11/h1-6,8-9,12H,7H2,(H,15,16)(H,17,18)/t8-,9-/m1/s1. The van der Waals surface area contributed by atoms with E-state index >= 15 is 0 Å². The highest BCUT2D eigenvalue weighted by atomic mass is 32.1. The Kier molecular flexibility index (Phi) is 3.58. The Bertz CT molecular complexity index is 572. The zero-order chi connectivity index (χ0) is 14.1. The highest BCUT2D eigenvalue weighted by Crippen LogP contribution is 2.40. The molecule has 1 amide bonds. The van der Waals surface area contributed by atoms with Crippen LogP contribution in [0, 0.1) is 11.8 Å². The first-order chi connectivity index (χ1) is 9.66. The van der Waals surface area contributed by atoms with Crippen molar-refractivity contribution in [3.8, 4) is 0 Å². The summed E-state index contributed by atoms with van der Waals surface area (Å²) in [6, 6.07) is 7.69. The molecule has 0 unspecified atom stereocenters. The van der Waals surface area contributed by atoms with Gasteiger partial charge >= 0.3 is 5.97 Å². The van der Waals surface area contributed by atoms with Gasteiger partial charge in [0.2, 0.25) is 5.91 Å². The van der Waals surface area contributed by atoms with E-state index < -0.39 is 11.9 Å². The van der Waals surface area contributed by atoms with Crippen molar-refractivity contribution in [2.45, 2.75) is 12.5 Å². The van der Waals surface area contributed by atoms with Crippen molar-refractivity contribution >= 4 is 34.6 Å². The van der Waals surface area contributed by atoms with E-state index in [4.69, 9.17) is 5.11 Å². The lowest BCUT2D eigenvalue weighted by Crippen LogP contribution is -2.30. The molecule has 0 spiro atoms. The van der Waals surface area contributed by atoms with Crippen LogP contribution in [0.4, 0.5) is 0 Å². The Hall–Kier alpha value is -1.66. The average molecular weight is 307 g/mol. The molecule has 1 saturated carbocycles. The van der Waals surface area contributed by atoms with Crippen LogP contribution in [-0.4, -0.2) is 17.0 Å². The van der Waals surface area contributed by atoms with E-state index in [1.165, 1.54) is 0 Å². The van der Waals surface area contributed by atoms with E-state index in [1.54, 1.807) is 22.7 Å². The van der Waals surface area contributed by atoms with Crippen molar-refractivity contribution in [3.05, 3.63) is 44.8 Å². The van der Waals surface area contributed by atoms with Crippen molar-refractivity contribution < 1.29 is 14.7 Å². The molecule has 0 aliphatic heterocycles. The summed E-state index contributed by atoms with van der Waals surface area (Å²) in [6.07, 6.45) is 0.447. The van der Waals surface area contributed by atoms with E-state index in [1.807, 2.05) is 35.0 Å². The first-order valence-electron chi connectivity index (χ1n) is 6.27. The van der Waals surface area contributed by atoms with Gasteiger partial charge in [0.15, 0.2) is 0 Å². The minimum atomic E-state index is -0.881. The molecule has 0 aromatic carbocycles. The summed E-state index contributed by atoms with van der Waals surface area (Å²) in [6.45, 7) is 0. The van der Waals surface area contributed by atoms with Crippen molar-refractivity contribution in [2.75, 3.05) is 0 Å². The van der Waals surface area contributed by atoms with Gasteiger partial charge in [-0.3, -0.25) is 9.59 Å². The van der Waals surface area contributed by atoms with E-state index in [0.717, 1.165) is 9.75 Å². The molecule has 4 nitrogen and oxygen atoms in total. The van der Waals surface area contributed by atoms with Gasteiger partial charge in [-0.05, 0) is 29.3 Å². The molecule has 1 fully saturated rings. The molecule has 6 heteroatoms. The zero-order valence-electron chi connectivity index (χ0n) is 10.5. The molecule has 0 saturated heterocycles. The van der Waals surface area contributed by atoms with E-state index in [0.29, 0.717) is 6.42 Å². The predicted molar refractivity (Wildman–Crippen MR) is 77.9 cm³/mol. The molecule has 2 heterocycles. The third-order valence-corrected chi connectivity index (χ3v) is 5.26. The maximum absolute atomic E-state index is 12.2. The second-order valence-corrected chi connectivity index (χ2v) is 6.72. The molecule has 104 valence electrons. The molecule has 0 radical (unpaired) electrons. The van der Waals surface area contributed by atoms with Crippen LogP contribution in [0.5, 0.6) is 0 Å². The van der Waals surface area contributed by atoms with E-state index in [-0.39, 0.29) is 17.9 Å². The first kappa shape index (κ1) is 13.3. The maximum atomic E-state index is 12.2. The van der Waals surface area contributed by atoms with Crippen molar-refractivity contribution in [1.29, 1.82) is 0 Å². The number of hydrogen-bond acceptors (Lipinski definition) is 4. The van der Waals surface area contributed by atoms with E-state index in [2.05, 4.69) is 5.32 Å². The molecule has 1 aliphatic carbocycles. The molecule has 2 atom stereocenters. The van der Waals surface area contributed by atoms with Gasteiger partial charge in [0, 0.05) is 9.75 Å². The molecule has 1 aliphatic rings. The number of hydrogen-bond donors (Lipinski definition) is 2. The number of aliphatic carboxylic acids is 1. The van der Waals surface area contributed by atoms with Crippen LogP contribution in [-0.2, 0) is 9.59 Å². The second-order valence-electron chi connectivity index (χ2n) is 4.76. The van der Waals surface area contributed by atoms with Crippen LogP contribution in [0.1, 0.15) is 22.2 Å². The topological polar surface area (TPSA) is 66.4 Å². The number of thiophene rings is 2. The third kappa shape index (κ3) is 2.62. The average Bonchev–Trinajstić information content (AvgIpc) is 2.85. The lowest BCUT2D eigenvalue weighted by molar-refractivity contribution is -0.140. The minimum absolute atomic E-state index is 0.163.